The van der Waals surface area contributed by atoms with E-state index in [1.54, 1.807) is 19.9 Å². The second kappa shape index (κ2) is 6.02. The van der Waals surface area contributed by atoms with Gasteiger partial charge in [-0.3, -0.25) is 15.1 Å². The lowest BCUT2D eigenvalue weighted by molar-refractivity contribution is 0.102. The highest BCUT2D eigenvalue weighted by atomic mass is 32.3. The Kier molecular flexibility index (Phi) is 4.31. The van der Waals surface area contributed by atoms with Crippen LogP contribution in [0.2, 0.25) is 0 Å². The van der Waals surface area contributed by atoms with Crippen molar-refractivity contribution in [2.24, 2.45) is 0 Å². The van der Waals surface area contributed by atoms with Gasteiger partial charge in [-0.2, -0.15) is 8.42 Å². The van der Waals surface area contributed by atoms with Crippen LogP contribution in [0.3, 0.4) is 0 Å². The molecule has 2 aromatic heterocycles. The van der Waals surface area contributed by atoms with Gasteiger partial charge in [-0.1, -0.05) is 3.89 Å². The fourth-order valence-corrected chi connectivity index (χ4v) is 1.98. The van der Waals surface area contributed by atoms with E-state index in [4.69, 9.17) is 0 Å². The minimum atomic E-state index is -5.19. The molecule has 1 amide bonds. The number of rotatable bonds is 4. The Balaban J connectivity index is 2.21. The molecule has 0 aromatic carbocycles. The summed E-state index contributed by atoms with van der Waals surface area (Å²) in [7, 11) is -5.19. The molecule has 0 spiro atoms. The van der Waals surface area contributed by atoms with Crippen LogP contribution in [-0.4, -0.2) is 29.3 Å². The van der Waals surface area contributed by atoms with Crippen molar-refractivity contribution < 1.29 is 21.3 Å². The molecule has 0 aliphatic heterocycles. The van der Waals surface area contributed by atoms with Crippen molar-refractivity contribution in [1.29, 1.82) is 0 Å². The number of aromatic nitrogens is 3. The van der Waals surface area contributed by atoms with E-state index in [9.17, 15) is 17.1 Å². The van der Waals surface area contributed by atoms with Crippen LogP contribution >= 0.6 is 0 Å². The molecule has 0 bridgehead atoms. The molecule has 10 heteroatoms. The summed E-state index contributed by atoms with van der Waals surface area (Å²) in [5.41, 5.74) is 1.30. The standard InChI is InChI=1S/C12H11FN4O4S/c1-7-3-8(2)16-12(15-7)17-11(18)9-4-10(6-14-5-9)21-22(13,19)20/h3-6H,1-2H3,(H,15,16,17,18). The largest absolute Gasteiger partial charge is 0.488 e. The summed E-state index contributed by atoms with van der Waals surface area (Å²) in [4.78, 5) is 23.7. The van der Waals surface area contributed by atoms with Crippen LogP contribution in [0.1, 0.15) is 21.7 Å². The van der Waals surface area contributed by atoms with Crippen LogP contribution in [0, 0.1) is 13.8 Å². The van der Waals surface area contributed by atoms with Crippen molar-refractivity contribution in [3.8, 4) is 5.75 Å². The van der Waals surface area contributed by atoms with E-state index in [0.29, 0.717) is 11.4 Å². The molecule has 1 N–H and O–H groups in total. The average molecular weight is 326 g/mol. The summed E-state index contributed by atoms with van der Waals surface area (Å²) in [6, 6.07) is 2.76. The molecule has 0 radical (unpaired) electrons. The first-order chi connectivity index (χ1) is 10.2. The Morgan fingerprint density at radius 1 is 1.18 bits per heavy atom. The maximum absolute atomic E-state index is 12.4. The molecule has 0 atom stereocenters. The zero-order chi connectivity index (χ0) is 16.3. The molecular weight excluding hydrogens is 315 g/mol. The molecule has 0 aliphatic rings. The van der Waals surface area contributed by atoms with E-state index in [-0.39, 0.29) is 11.5 Å². The number of amides is 1. The second-order valence-corrected chi connectivity index (χ2v) is 5.27. The van der Waals surface area contributed by atoms with Crippen molar-refractivity contribution in [3.05, 3.63) is 41.5 Å². The van der Waals surface area contributed by atoms with Crippen molar-refractivity contribution in [2.45, 2.75) is 13.8 Å². The number of pyridine rings is 1. The zero-order valence-corrected chi connectivity index (χ0v) is 12.4. The molecule has 0 fully saturated rings. The third-order valence-electron chi connectivity index (χ3n) is 2.38. The monoisotopic (exact) mass is 326 g/mol. The minimum Gasteiger partial charge on any atom is -0.357 e. The lowest BCUT2D eigenvalue weighted by atomic mass is 10.2. The third kappa shape index (κ3) is 4.45. The van der Waals surface area contributed by atoms with E-state index < -0.39 is 22.2 Å². The van der Waals surface area contributed by atoms with Gasteiger partial charge in [-0.05, 0) is 26.0 Å². The number of hydrogen-bond donors (Lipinski definition) is 1. The van der Waals surface area contributed by atoms with Crippen molar-refractivity contribution in [3.63, 3.8) is 0 Å². The van der Waals surface area contributed by atoms with Crippen LogP contribution < -0.4 is 9.50 Å². The SMILES string of the molecule is Cc1cc(C)nc(NC(=O)c2cncc(OS(=O)(=O)F)c2)n1. The average Bonchev–Trinajstić information content (AvgIpc) is 2.35. The number of nitrogens with one attached hydrogen (secondary N) is 1. The first-order valence-electron chi connectivity index (χ1n) is 5.96. The molecule has 0 unspecified atom stereocenters. The topological polar surface area (TPSA) is 111 Å². The molecule has 0 aliphatic carbocycles. The van der Waals surface area contributed by atoms with Crippen LogP contribution in [0.15, 0.2) is 24.5 Å². The van der Waals surface area contributed by atoms with E-state index in [1.165, 1.54) is 0 Å². The molecular formula is C12H11FN4O4S. The lowest BCUT2D eigenvalue weighted by Gasteiger charge is -2.06. The summed E-state index contributed by atoms with van der Waals surface area (Å²) < 4.78 is 37.3. The Bertz CT molecular complexity index is 805. The number of carbonyl (C=O) groups is 1. The third-order valence-corrected chi connectivity index (χ3v) is 2.77. The second-order valence-electron chi connectivity index (χ2n) is 4.31. The number of hydrogen-bond acceptors (Lipinski definition) is 7. The Labute approximate surface area is 125 Å². The predicted molar refractivity (Wildman–Crippen MR) is 74.4 cm³/mol. The molecule has 116 valence electrons. The number of nitrogens with zero attached hydrogens (tertiary/aromatic N) is 3. The van der Waals surface area contributed by atoms with Crippen LogP contribution in [-0.2, 0) is 10.5 Å². The first kappa shape index (κ1) is 15.8. The molecule has 2 rings (SSSR count). The van der Waals surface area contributed by atoms with Crippen molar-refractivity contribution in [2.75, 3.05) is 5.32 Å². The van der Waals surface area contributed by atoms with E-state index in [0.717, 1.165) is 18.5 Å². The summed E-state index contributed by atoms with van der Waals surface area (Å²) in [6.07, 6.45) is 2.12. The molecule has 22 heavy (non-hydrogen) atoms. The number of aryl methyl sites for hydroxylation is 2. The van der Waals surface area contributed by atoms with Gasteiger partial charge in [0.1, 0.15) is 0 Å². The fourth-order valence-electron chi connectivity index (χ4n) is 1.66. The number of anilines is 1. The van der Waals surface area contributed by atoms with Gasteiger partial charge in [0.2, 0.25) is 5.95 Å². The van der Waals surface area contributed by atoms with Crippen molar-refractivity contribution in [1.82, 2.24) is 15.0 Å². The maximum Gasteiger partial charge on any atom is 0.488 e. The highest BCUT2D eigenvalue weighted by Crippen LogP contribution is 2.15. The van der Waals surface area contributed by atoms with Gasteiger partial charge in [0.15, 0.2) is 5.75 Å². The molecule has 0 saturated heterocycles. The summed E-state index contributed by atoms with van der Waals surface area (Å²) in [5.74, 6) is -0.970. The Morgan fingerprint density at radius 3 is 2.41 bits per heavy atom. The zero-order valence-electron chi connectivity index (χ0n) is 11.6. The van der Waals surface area contributed by atoms with Gasteiger partial charge in [0.05, 0.1) is 11.8 Å². The van der Waals surface area contributed by atoms with Gasteiger partial charge in [0.25, 0.3) is 5.91 Å². The van der Waals surface area contributed by atoms with Gasteiger partial charge in [0, 0.05) is 17.6 Å². The number of carbonyl (C=O) groups excluding carboxylic acids is 1. The summed E-state index contributed by atoms with van der Waals surface area (Å²) in [6.45, 7) is 3.49. The normalized spacial score (nSPS) is 11.0. The fraction of sp³-hybridized carbons (Fsp3) is 0.167. The van der Waals surface area contributed by atoms with Gasteiger partial charge in [-0.15, -0.1) is 0 Å². The smallest absolute Gasteiger partial charge is 0.357 e. The first-order valence-corrected chi connectivity index (χ1v) is 7.26. The minimum absolute atomic E-state index is 0.0380. The number of halogens is 1. The van der Waals surface area contributed by atoms with Gasteiger partial charge < -0.3 is 4.18 Å². The summed E-state index contributed by atoms with van der Waals surface area (Å²) >= 11 is 0. The quantitative estimate of drug-likeness (QED) is 0.844. The molecule has 2 heterocycles. The molecule has 0 saturated carbocycles. The highest BCUT2D eigenvalue weighted by Gasteiger charge is 2.14. The lowest BCUT2D eigenvalue weighted by Crippen LogP contribution is -2.15. The molecule has 8 nitrogen and oxygen atoms in total. The van der Waals surface area contributed by atoms with Crippen LogP contribution in [0.25, 0.3) is 0 Å². The van der Waals surface area contributed by atoms with Crippen LogP contribution in [0.5, 0.6) is 5.75 Å². The van der Waals surface area contributed by atoms with E-state index in [1.807, 2.05) is 0 Å². The van der Waals surface area contributed by atoms with Gasteiger partial charge in [-0.25, -0.2) is 9.97 Å². The Morgan fingerprint density at radius 2 is 1.82 bits per heavy atom. The van der Waals surface area contributed by atoms with Gasteiger partial charge >= 0.3 is 10.5 Å². The van der Waals surface area contributed by atoms with E-state index in [2.05, 4.69) is 24.5 Å². The predicted octanol–water partition coefficient (Wildman–Crippen LogP) is 1.33. The van der Waals surface area contributed by atoms with Crippen LogP contribution in [0.4, 0.5) is 9.83 Å². The van der Waals surface area contributed by atoms with E-state index >= 15 is 0 Å². The highest BCUT2D eigenvalue weighted by molar-refractivity contribution is 7.81. The maximum atomic E-state index is 12.4. The molecule has 2 aromatic rings. The Hall–Kier alpha value is -2.62. The summed E-state index contributed by atoms with van der Waals surface area (Å²) in [5, 5.41) is 2.43. The van der Waals surface area contributed by atoms with Crippen molar-refractivity contribution >= 4 is 22.4 Å².